The molecule has 1 nitrogen and oxygen atoms in total. The number of hydrogen-bond acceptors (Lipinski definition) is 1. The van der Waals surface area contributed by atoms with Crippen molar-refractivity contribution in [1.29, 1.82) is 0 Å². The molecule has 1 aromatic carbocycles. The minimum absolute atomic E-state index is 0.480. The fourth-order valence-corrected chi connectivity index (χ4v) is 2.46. The Balaban J connectivity index is 3.06. The van der Waals surface area contributed by atoms with E-state index in [2.05, 4.69) is 13.8 Å². The van der Waals surface area contributed by atoms with Gasteiger partial charge in [-0.3, -0.25) is 0 Å². The van der Waals surface area contributed by atoms with Crippen LogP contribution in [0.4, 0.5) is 5.69 Å². The number of hydrogen-bond donors (Lipinski definition) is 1. The second kappa shape index (κ2) is 4.50. The maximum absolute atomic E-state index is 5.81. The van der Waals surface area contributed by atoms with Crippen LogP contribution in [0.25, 0.3) is 0 Å². The summed E-state index contributed by atoms with van der Waals surface area (Å²) in [4.78, 5) is 0. The molecule has 0 unspecified atom stereocenters. The predicted octanol–water partition coefficient (Wildman–Crippen LogP) is 3.81. The normalized spacial score (nSPS) is 11.2. The summed E-state index contributed by atoms with van der Waals surface area (Å²) in [5.74, 6) is 0.480. The minimum atomic E-state index is -1.13. The fraction of sp³-hybridized carbons (Fsp3) is 0.333. The summed E-state index contributed by atoms with van der Waals surface area (Å²) in [6.45, 7) is 3.12. The van der Waals surface area contributed by atoms with Gasteiger partial charge in [-0.05, 0) is 23.6 Å². The molecule has 0 atom stereocenters. The molecule has 4 heteroatoms. The van der Waals surface area contributed by atoms with Gasteiger partial charge in [-0.2, -0.15) is 0 Å². The third-order valence-electron chi connectivity index (χ3n) is 1.90. The predicted molar refractivity (Wildman–Crippen MR) is 63.2 cm³/mol. The molecule has 1 aromatic rings. The van der Waals surface area contributed by atoms with Crippen molar-refractivity contribution in [2.75, 3.05) is 5.73 Å². The van der Waals surface area contributed by atoms with Crippen LogP contribution in [0.15, 0.2) is 18.2 Å². The first-order valence-electron chi connectivity index (χ1n) is 4.03. The van der Waals surface area contributed by atoms with E-state index in [1.807, 2.05) is 18.2 Å². The molecule has 0 aliphatic heterocycles. The Hall–Kier alpha value is 0.0300. The van der Waals surface area contributed by atoms with Crippen LogP contribution in [0.1, 0.15) is 25.3 Å². The molecule has 0 fully saturated rings. The lowest BCUT2D eigenvalue weighted by molar-refractivity contribution is 0.868. The molecule has 0 aliphatic rings. The van der Waals surface area contributed by atoms with Crippen molar-refractivity contribution in [2.24, 2.45) is 0 Å². The number of nitrogens with two attached hydrogens (primary N) is 1. The van der Waals surface area contributed by atoms with Crippen molar-refractivity contribution in [1.82, 2.24) is 0 Å². The molecule has 2 N–H and O–H groups in total. The average molecular weight is 236 g/mol. The maximum Gasteiger partial charge on any atom is 0.119 e. The van der Waals surface area contributed by atoms with Crippen molar-refractivity contribution in [3.8, 4) is 0 Å². The van der Waals surface area contributed by atoms with Crippen LogP contribution in [-0.2, 0) is 0 Å². The zero-order valence-corrected chi connectivity index (χ0v) is 10.00. The standard InChI is InChI=1S/C9H12Cl2NP/c1-6(2)7-3-4-9(13(10)11)8(12)5-7/h3-6H,12H2,1-2H3. The first-order chi connectivity index (χ1) is 6.02. The third kappa shape index (κ3) is 2.74. The molecule has 0 aromatic heterocycles. The smallest absolute Gasteiger partial charge is 0.119 e. The highest BCUT2D eigenvalue weighted by atomic mass is 35.9. The molecule has 0 spiro atoms. The Morgan fingerprint density at radius 1 is 1.31 bits per heavy atom. The summed E-state index contributed by atoms with van der Waals surface area (Å²) < 4.78 is 0. The van der Waals surface area contributed by atoms with Crippen molar-refractivity contribution < 1.29 is 0 Å². The van der Waals surface area contributed by atoms with E-state index in [1.54, 1.807) is 0 Å². The highest BCUT2D eigenvalue weighted by Gasteiger charge is 2.09. The van der Waals surface area contributed by atoms with Gasteiger partial charge in [0.25, 0.3) is 0 Å². The highest BCUT2D eigenvalue weighted by Crippen LogP contribution is 2.47. The van der Waals surface area contributed by atoms with Gasteiger partial charge in [0.15, 0.2) is 0 Å². The lowest BCUT2D eigenvalue weighted by Gasteiger charge is -2.10. The van der Waals surface area contributed by atoms with Gasteiger partial charge in [0.1, 0.15) is 6.63 Å². The quantitative estimate of drug-likeness (QED) is 0.613. The Bertz CT molecular complexity index is 300. The number of nitrogen functional groups attached to an aromatic ring is 1. The molecule has 0 radical (unpaired) electrons. The Labute approximate surface area is 89.6 Å². The fourth-order valence-electron chi connectivity index (χ4n) is 1.09. The van der Waals surface area contributed by atoms with Crippen LogP contribution in [-0.4, -0.2) is 0 Å². The number of anilines is 1. The lowest BCUT2D eigenvalue weighted by atomic mass is 10.0. The van der Waals surface area contributed by atoms with Crippen LogP contribution in [0.2, 0.25) is 0 Å². The third-order valence-corrected chi connectivity index (χ3v) is 3.76. The van der Waals surface area contributed by atoms with Gasteiger partial charge in [0, 0.05) is 11.0 Å². The van der Waals surface area contributed by atoms with Crippen molar-refractivity contribution in [3.63, 3.8) is 0 Å². The lowest BCUT2D eigenvalue weighted by Crippen LogP contribution is -2.05. The Morgan fingerprint density at radius 2 is 1.92 bits per heavy atom. The number of halogens is 2. The first-order valence-corrected chi connectivity index (χ1v) is 7.18. The SMILES string of the molecule is CC(C)c1ccc(P(Cl)Cl)c(N)c1. The molecular formula is C9H12Cl2NP. The van der Waals surface area contributed by atoms with Gasteiger partial charge in [0.05, 0.1) is 0 Å². The minimum Gasteiger partial charge on any atom is -0.398 e. The molecule has 13 heavy (non-hydrogen) atoms. The van der Waals surface area contributed by atoms with Crippen LogP contribution in [0.5, 0.6) is 0 Å². The first kappa shape index (κ1) is 11.1. The van der Waals surface area contributed by atoms with Crippen molar-refractivity contribution >= 4 is 40.1 Å². The van der Waals surface area contributed by atoms with E-state index in [-0.39, 0.29) is 0 Å². The van der Waals surface area contributed by atoms with Crippen LogP contribution >= 0.6 is 29.1 Å². The second-order valence-corrected chi connectivity index (χ2v) is 6.70. The monoisotopic (exact) mass is 235 g/mol. The van der Waals surface area contributed by atoms with Gasteiger partial charge < -0.3 is 5.73 Å². The van der Waals surface area contributed by atoms with Gasteiger partial charge in [-0.15, -0.1) is 0 Å². The van der Waals surface area contributed by atoms with E-state index < -0.39 is 6.63 Å². The van der Waals surface area contributed by atoms with E-state index in [4.69, 9.17) is 28.2 Å². The summed E-state index contributed by atoms with van der Waals surface area (Å²) in [7, 11) is 0. The van der Waals surface area contributed by atoms with E-state index in [0.29, 0.717) is 11.6 Å². The molecule has 72 valence electrons. The molecule has 1 rings (SSSR count). The Morgan fingerprint density at radius 3 is 2.31 bits per heavy atom. The molecule has 0 saturated carbocycles. The molecule has 0 amide bonds. The van der Waals surface area contributed by atoms with E-state index >= 15 is 0 Å². The summed E-state index contributed by atoms with van der Waals surface area (Å²) in [6.07, 6.45) is 0. The van der Waals surface area contributed by atoms with E-state index in [0.717, 1.165) is 5.30 Å². The second-order valence-electron chi connectivity index (χ2n) is 3.21. The van der Waals surface area contributed by atoms with Crippen LogP contribution in [0, 0.1) is 0 Å². The maximum atomic E-state index is 5.81. The largest absolute Gasteiger partial charge is 0.398 e. The summed E-state index contributed by atoms with van der Waals surface area (Å²) >= 11 is 11.6. The number of rotatable bonds is 2. The van der Waals surface area contributed by atoms with Crippen molar-refractivity contribution in [3.05, 3.63) is 23.8 Å². The van der Waals surface area contributed by atoms with Gasteiger partial charge in [-0.25, -0.2) is 0 Å². The highest BCUT2D eigenvalue weighted by molar-refractivity contribution is 8.09. The van der Waals surface area contributed by atoms with Crippen molar-refractivity contribution in [2.45, 2.75) is 19.8 Å². The molecule has 0 heterocycles. The number of benzene rings is 1. The van der Waals surface area contributed by atoms with Gasteiger partial charge in [-0.1, -0.05) is 42.4 Å². The molecule has 0 bridgehead atoms. The summed E-state index contributed by atoms with van der Waals surface area (Å²) in [5, 5.41) is 0.850. The van der Waals surface area contributed by atoms with E-state index in [1.165, 1.54) is 5.56 Å². The van der Waals surface area contributed by atoms with Gasteiger partial charge >= 0.3 is 0 Å². The summed E-state index contributed by atoms with van der Waals surface area (Å²) in [6, 6.07) is 5.88. The van der Waals surface area contributed by atoms with E-state index in [9.17, 15) is 0 Å². The molecular weight excluding hydrogens is 224 g/mol. The zero-order chi connectivity index (χ0) is 10.0. The zero-order valence-electron chi connectivity index (χ0n) is 7.59. The molecule has 0 saturated heterocycles. The summed E-state index contributed by atoms with van der Waals surface area (Å²) in [5.41, 5.74) is 7.72. The average Bonchev–Trinajstić information content (AvgIpc) is 2.03. The Kier molecular flexibility index (Phi) is 3.85. The van der Waals surface area contributed by atoms with Crippen LogP contribution in [0.3, 0.4) is 0 Å². The topological polar surface area (TPSA) is 26.0 Å². The molecule has 0 aliphatic carbocycles. The van der Waals surface area contributed by atoms with Crippen LogP contribution < -0.4 is 11.0 Å². The van der Waals surface area contributed by atoms with Gasteiger partial charge in [0.2, 0.25) is 0 Å².